The molecular weight excluding hydrogens is 434 g/mol. The van der Waals surface area contributed by atoms with Crippen LogP contribution in [0.5, 0.6) is 0 Å². The Morgan fingerprint density at radius 2 is 1.27 bits per heavy atom. The molecule has 2 unspecified atom stereocenters. The van der Waals surface area contributed by atoms with Crippen molar-refractivity contribution in [3.05, 3.63) is 23.3 Å². The van der Waals surface area contributed by atoms with Crippen molar-refractivity contribution in [1.82, 2.24) is 0 Å². The van der Waals surface area contributed by atoms with Gasteiger partial charge in [-0.05, 0) is 75.0 Å². The van der Waals surface area contributed by atoms with E-state index in [1.165, 1.54) is 102 Å². The number of rotatable bonds is 15. The molecule has 0 spiro atoms. The summed E-state index contributed by atoms with van der Waals surface area (Å²) in [5.74, 6) is 1.68. The molecule has 3 aromatic rings. The minimum absolute atomic E-state index is 0.840. The predicted octanol–water partition coefficient (Wildman–Crippen LogP) is 8.59. The number of hydrogen-bond donors (Lipinski definition) is 0. The molecule has 4 heteroatoms. The second-order valence-corrected chi connectivity index (χ2v) is 12.1. The number of hydrogen-bond acceptors (Lipinski definition) is 2. The smallest absolute Gasteiger partial charge is 0.152 e. The van der Waals surface area contributed by atoms with Gasteiger partial charge in [0.2, 0.25) is 0 Å². The van der Waals surface area contributed by atoms with Crippen molar-refractivity contribution in [2.24, 2.45) is 11.8 Å². The predicted molar refractivity (Wildman–Crippen MR) is 157 cm³/mol. The summed E-state index contributed by atoms with van der Waals surface area (Å²) in [7, 11) is 8.71. The van der Waals surface area contributed by atoms with Crippen LogP contribution in [0.4, 0.5) is 0 Å². The van der Waals surface area contributed by atoms with Crippen molar-refractivity contribution in [2.75, 3.05) is 0 Å². The molecule has 0 aliphatic rings. The molecule has 3 radical (unpaired) electrons. The molecule has 0 nitrogen and oxygen atoms in total. The van der Waals surface area contributed by atoms with Gasteiger partial charge in [0.05, 0.1) is 0 Å². The molecule has 0 saturated heterocycles. The Hall–Kier alpha value is -0.730. The highest BCUT2D eigenvalue weighted by atomic mass is 32.1. The van der Waals surface area contributed by atoms with Gasteiger partial charge < -0.3 is 0 Å². The molecule has 0 saturated carbocycles. The van der Waals surface area contributed by atoms with Gasteiger partial charge in [-0.2, -0.15) is 22.7 Å². The lowest BCUT2D eigenvalue weighted by Gasteiger charge is -2.18. The summed E-state index contributed by atoms with van der Waals surface area (Å²) in [4.78, 5) is 0. The Balaban J connectivity index is 2.00. The van der Waals surface area contributed by atoms with Gasteiger partial charge in [0, 0.05) is 9.40 Å². The van der Waals surface area contributed by atoms with E-state index in [1.807, 2.05) is 22.7 Å². The van der Waals surface area contributed by atoms with Crippen LogP contribution in [0.3, 0.4) is 0 Å². The topological polar surface area (TPSA) is 0 Å². The molecule has 0 N–H and O–H groups in total. The summed E-state index contributed by atoms with van der Waals surface area (Å²) in [5.41, 5.74) is 3.14. The van der Waals surface area contributed by atoms with E-state index in [0.717, 1.165) is 16.6 Å². The Labute approximate surface area is 213 Å². The largest absolute Gasteiger partial charge is 0.162 e. The number of aryl methyl sites for hydroxylation is 2. The molecule has 0 aliphatic carbocycles. The van der Waals surface area contributed by atoms with E-state index in [4.69, 9.17) is 7.85 Å². The third-order valence-corrected chi connectivity index (χ3v) is 9.96. The monoisotopic (exact) mass is 477 g/mol. The third-order valence-electron chi connectivity index (χ3n) is 7.68. The summed E-state index contributed by atoms with van der Waals surface area (Å²) in [5, 5.41) is 2.97. The van der Waals surface area contributed by atoms with Crippen LogP contribution < -0.4 is 9.55 Å². The first-order valence-electron chi connectivity index (χ1n) is 13.6. The molecule has 0 amide bonds. The molecule has 3 rings (SSSR count). The average Bonchev–Trinajstić information content (AvgIpc) is 3.43. The molecule has 2 aromatic heterocycles. The normalized spacial score (nSPS) is 13.7. The lowest BCUT2D eigenvalue weighted by Crippen LogP contribution is -2.03. The second-order valence-electron chi connectivity index (χ2n) is 9.94. The maximum absolute atomic E-state index is 6.43. The molecule has 0 aliphatic heterocycles. The SMILES string of the molecule is [B]c1cc2c(CCC(CC)CCCC)c3sc([B]C)cc3c(CCC(CC)CCCC)c2s1. The van der Waals surface area contributed by atoms with Gasteiger partial charge >= 0.3 is 0 Å². The lowest BCUT2D eigenvalue weighted by atomic mass is 9.80. The maximum Gasteiger partial charge on any atom is 0.162 e. The Bertz CT molecular complexity index is 925. The molecule has 2 atom stereocenters. The fraction of sp³-hybridized carbons (Fsp3) is 0.655. The number of benzene rings is 1. The van der Waals surface area contributed by atoms with E-state index >= 15 is 0 Å². The van der Waals surface area contributed by atoms with Gasteiger partial charge in [-0.25, -0.2) is 0 Å². The van der Waals surface area contributed by atoms with Gasteiger partial charge in [0.1, 0.15) is 7.85 Å². The van der Waals surface area contributed by atoms with Crippen LogP contribution in [0, 0.1) is 11.8 Å². The second kappa shape index (κ2) is 13.4. The molecule has 1 aromatic carbocycles. The highest BCUT2D eigenvalue weighted by Crippen LogP contribution is 2.40. The van der Waals surface area contributed by atoms with Crippen LogP contribution >= 0.6 is 22.7 Å². The zero-order valence-corrected chi connectivity index (χ0v) is 23.4. The van der Waals surface area contributed by atoms with Crippen LogP contribution in [-0.4, -0.2) is 15.1 Å². The Morgan fingerprint density at radius 1 is 0.758 bits per heavy atom. The third kappa shape index (κ3) is 6.69. The fourth-order valence-electron chi connectivity index (χ4n) is 5.39. The van der Waals surface area contributed by atoms with Gasteiger partial charge in [0.25, 0.3) is 0 Å². The minimum atomic E-state index is 0.840. The quantitative estimate of drug-likeness (QED) is 0.192. The summed E-state index contributed by atoms with van der Waals surface area (Å²) in [6, 6.07) is 4.75. The summed E-state index contributed by atoms with van der Waals surface area (Å²) in [6.45, 7) is 11.5. The first-order valence-corrected chi connectivity index (χ1v) is 15.2. The zero-order chi connectivity index (χ0) is 23.8. The average molecular weight is 477 g/mol. The standard InChI is InChI=1S/C29H43B2S2/c1-6-10-12-20(8-3)14-16-22-24-18-26(30)32-28(24)23(17-15-21(9-4)13-11-7-2)25-19-27(31-5)33-29(22)25/h18-21H,6-17H2,1-5H3. The zero-order valence-electron chi connectivity index (χ0n) is 21.8. The van der Waals surface area contributed by atoms with E-state index in [1.54, 1.807) is 11.1 Å². The van der Waals surface area contributed by atoms with Crippen LogP contribution in [-0.2, 0) is 12.8 Å². The maximum atomic E-state index is 6.43. The van der Waals surface area contributed by atoms with Gasteiger partial charge in [-0.1, -0.05) is 92.0 Å². The Kier molecular flexibility index (Phi) is 10.9. The van der Waals surface area contributed by atoms with Gasteiger partial charge in [-0.15, -0.1) is 0 Å². The van der Waals surface area contributed by atoms with E-state index in [0.29, 0.717) is 0 Å². The van der Waals surface area contributed by atoms with Crippen molar-refractivity contribution in [3.8, 4) is 0 Å². The lowest BCUT2D eigenvalue weighted by molar-refractivity contribution is 0.422. The van der Waals surface area contributed by atoms with Crippen LogP contribution in [0.25, 0.3) is 20.2 Å². The highest BCUT2D eigenvalue weighted by Gasteiger charge is 2.20. The minimum Gasteiger partial charge on any atom is -0.152 e. The molecule has 0 fully saturated rings. The first kappa shape index (κ1) is 26.9. The number of fused-ring (bicyclic) bond motifs is 2. The molecule has 177 valence electrons. The summed E-state index contributed by atoms with van der Waals surface area (Å²) in [6.07, 6.45) is 15.6. The van der Waals surface area contributed by atoms with Crippen molar-refractivity contribution in [1.29, 1.82) is 0 Å². The molecule has 2 heterocycles. The molecule has 33 heavy (non-hydrogen) atoms. The number of unbranched alkanes of at least 4 members (excludes halogenated alkanes) is 2. The molecular formula is C29H43B2S2. The van der Waals surface area contributed by atoms with Crippen LogP contribution in [0.1, 0.15) is 103 Å². The summed E-state index contributed by atoms with van der Waals surface area (Å²) >= 11 is 3.83. The first-order chi connectivity index (χ1) is 16.1. The molecule has 0 bridgehead atoms. The van der Waals surface area contributed by atoms with Crippen LogP contribution in [0.15, 0.2) is 12.1 Å². The highest BCUT2D eigenvalue weighted by molar-refractivity contribution is 7.28. The van der Waals surface area contributed by atoms with Crippen molar-refractivity contribution in [3.63, 3.8) is 0 Å². The van der Waals surface area contributed by atoms with Crippen molar-refractivity contribution < 1.29 is 0 Å². The van der Waals surface area contributed by atoms with Gasteiger partial charge in [-0.3, -0.25) is 0 Å². The van der Waals surface area contributed by atoms with E-state index in [2.05, 4.69) is 53.9 Å². The van der Waals surface area contributed by atoms with Crippen molar-refractivity contribution >= 4 is 67.5 Å². The summed E-state index contributed by atoms with van der Waals surface area (Å²) < 4.78 is 5.40. The van der Waals surface area contributed by atoms with E-state index in [-0.39, 0.29) is 0 Å². The van der Waals surface area contributed by atoms with Crippen molar-refractivity contribution in [2.45, 2.75) is 112 Å². The van der Waals surface area contributed by atoms with E-state index < -0.39 is 0 Å². The Morgan fingerprint density at radius 3 is 1.76 bits per heavy atom. The van der Waals surface area contributed by atoms with E-state index in [9.17, 15) is 0 Å². The van der Waals surface area contributed by atoms with Gasteiger partial charge in [0.15, 0.2) is 7.28 Å². The fourth-order valence-corrected chi connectivity index (χ4v) is 7.59. The number of thiophene rings is 2. The van der Waals surface area contributed by atoms with Crippen LogP contribution in [0.2, 0.25) is 6.82 Å².